The summed E-state index contributed by atoms with van der Waals surface area (Å²) in [6, 6.07) is 10.7. The van der Waals surface area contributed by atoms with Crippen LogP contribution in [0.4, 0.5) is 0 Å². The zero-order chi connectivity index (χ0) is 20.9. The third kappa shape index (κ3) is 3.12. The molecule has 7 nitrogen and oxygen atoms in total. The molecule has 1 saturated heterocycles. The van der Waals surface area contributed by atoms with Gasteiger partial charge in [-0.05, 0) is 30.9 Å². The molecule has 2 atom stereocenters. The molecule has 4 heterocycles. The molecule has 31 heavy (non-hydrogen) atoms. The number of hydrogen-bond donors (Lipinski definition) is 1. The summed E-state index contributed by atoms with van der Waals surface area (Å²) >= 11 is 1.81. The molecule has 0 spiro atoms. The number of aryl methyl sites for hydroxylation is 1. The molecular formula is C23H25N5O2S. The van der Waals surface area contributed by atoms with Gasteiger partial charge < -0.3 is 9.64 Å². The lowest BCUT2D eigenvalue weighted by atomic mass is 9.95. The summed E-state index contributed by atoms with van der Waals surface area (Å²) in [4.78, 5) is 16.5. The van der Waals surface area contributed by atoms with E-state index in [0.717, 1.165) is 24.5 Å². The van der Waals surface area contributed by atoms with Crippen molar-refractivity contribution in [1.29, 1.82) is 0 Å². The molecule has 8 heteroatoms. The lowest BCUT2D eigenvalue weighted by molar-refractivity contribution is -0.139. The zero-order valence-electron chi connectivity index (χ0n) is 17.5. The molecule has 160 valence electrons. The van der Waals surface area contributed by atoms with E-state index in [-0.39, 0.29) is 17.9 Å². The number of fused-ring (bicyclic) bond motifs is 5. The Hall–Kier alpha value is -2.55. The average molecular weight is 436 g/mol. The van der Waals surface area contributed by atoms with E-state index in [1.54, 1.807) is 0 Å². The van der Waals surface area contributed by atoms with Gasteiger partial charge >= 0.3 is 0 Å². The highest BCUT2D eigenvalue weighted by Gasteiger charge is 2.39. The van der Waals surface area contributed by atoms with Gasteiger partial charge in [0.05, 0.1) is 25.8 Å². The van der Waals surface area contributed by atoms with Crippen LogP contribution >= 0.6 is 11.3 Å². The number of carbonyl (C=O) groups is 1. The number of nitrogens with zero attached hydrogens (tertiary/aromatic N) is 4. The number of benzene rings is 1. The van der Waals surface area contributed by atoms with Gasteiger partial charge in [-0.15, -0.1) is 21.5 Å². The van der Waals surface area contributed by atoms with E-state index < -0.39 is 0 Å². The fraction of sp³-hybridized carbons (Fsp3) is 0.435. The molecule has 2 aromatic heterocycles. The van der Waals surface area contributed by atoms with Crippen molar-refractivity contribution in [3.63, 3.8) is 0 Å². The smallest absolute Gasteiger partial charge is 0.226 e. The fourth-order valence-electron chi connectivity index (χ4n) is 5.13. The van der Waals surface area contributed by atoms with Gasteiger partial charge in [0.15, 0.2) is 5.82 Å². The first-order valence-corrected chi connectivity index (χ1v) is 11.7. The first kappa shape index (κ1) is 19.2. The highest BCUT2D eigenvalue weighted by atomic mass is 32.1. The summed E-state index contributed by atoms with van der Waals surface area (Å²) in [6.07, 6.45) is 1.63. The van der Waals surface area contributed by atoms with E-state index in [1.807, 2.05) is 23.2 Å². The average Bonchev–Trinajstić information content (AvgIpc) is 3.45. The fourth-order valence-corrected chi connectivity index (χ4v) is 6.65. The molecule has 0 bridgehead atoms. The van der Waals surface area contributed by atoms with Gasteiger partial charge in [-0.25, -0.2) is 0 Å². The predicted molar refractivity (Wildman–Crippen MR) is 117 cm³/mol. The number of nitrogens with one attached hydrogen (secondary N) is 1. The number of hydrogen-bond acceptors (Lipinski definition) is 6. The second kappa shape index (κ2) is 7.55. The van der Waals surface area contributed by atoms with E-state index >= 15 is 0 Å². The first-order valence-electron chi connectivity index (χ1n) is 10.9. The molecule has 1 aromatic carbocycles. The highest BCUT2D eigenvalue weighted by molar-refractivity contribution is 7.15. The van der Waals surface area contributed by atoms with Gasteiger partial charge in [0, 0.05) is 29.4 Å². The van der Waals surface area contributed by atoms with E-state index in [1.165, 1.54) is 26.6 Å². The third-order valence-electron chi connectivity index (χ3n) is 6.65. The molecule has 2 aliphatic heterocycles. The lowest BCUT2D eigenvalue weighted by Crippen LogP contribution is -2.44. The van der Waals surface area contributed by atoms with Crippen LogP contribution in [-0.4, -0.2) is 51.9 Å². The highest BCUT2D eigenvalue weighted by Crippen LogP contribution is 2.46. The number of ether oxygens (including phenoxy) is 1. The lowest BCUT2D eigenvalue weighted by Gasteiger charge is -2.29. The molecule has 1 fully saturated rings. The van der Waals surface area contributed by atoms with Crippen molar-refractivity contribution in [2.45, 2.75) is 32.4 Å². The normalized spacial score (nSPS) is 22.5. The molecular weight excluding hydrogens is 410 g/mol. The van der Waals surface area contributed by atoms with Crippen molar-refractivity contribution in [3.8, 4) is 5.00 Å². The maximum absolute atomic E-state index is 13.2. The quantitative estimate of drug-likeness (QED) is 0.669. The Morgan fingerprint density at radius 2 is 1.97 bits per heavy atom. The van der Waals surface area contributed by atoms with Crippen molar-refractivity contribution in [1.82, 2.24) is 25.0 Å². The van der Waals surface area contributed by atoms with Crippen molar-refractivity contribution in [2.75, 3.05) is 26.3 Å². The number of aromatic nitrogens is 3. The van der Waals surface area contributed by atoms with Crippen molar-refractivity contribution in [2.24, 2.45) is 5.92 Å². The third-order valence-corrected chi connectivity index (χ3v) is 7.90. The molecule has 0 unspecified atom stereocenters. The molecule has 0 radical (unpaired) electrons. The van der Waals surface area contributed by atoms with Crippen molar-refractivity contribution in [3.05, 3.63) is 63.5 Å². The minimum absolute atomic E-state index is 0.0332. The van der Waals surface area contributed by atoms with Crippen LogP contribution in [0.1, 0.15) is 39.3 Å². The largest absolute Gasteiger partial charge is 0.378 e. The number of carbonyl (C=O) groups excluding carboxylic acids is 1. The Kier molecular flexibility index (Phi) is 4.66. The van der Waals surface area contributed by atoms with Gasteiger partial charge in [-0.1, -0.05) is 30.3 Å². The van der Waals surface area contributed by atoms with E-state index in [4.69, 9.17) is 4.74 Å². The monoisotopic (exact) mass is 435 g/mol. The molecule has 1 amide bonds. The van der Waals surface area contributed by atoms with Crippen LogP contribution < -0.4 is 5.32 Å². The summed E-state index contributed by atoms with van der Waals surface area (Å²) in [7, 11) is 0. The number of morpholine rings is 1. The van der Waals surface area contributed by atoms with E-state index in [9.17, 15) is 4.79 Å². The molecule has 6 rings (SSSR count). The van der Waals surface area contributed by atoms with Crippen LogP contribution in [0.3, 0.4) is 0 Å². The van der Waals surface area contributed by atoms with Crippen LogP contribution in [-0.2, 0) is 28.9 Å². The van der Waals surface area contributed by atoms with Gasteiger partial charge in [0.25, 0.3) is 0 Å². The van der Waals surface area contributed by atoms with E-state index in [2.05, 4.69) is 50.4 Å². The van der Waals surface area contributed by atoms with Crippen molar-refractivity contribution >= 4 is 17.2 Å². The number of thiophene rings is 1. The molecule has 0 saturated carbocycles. The SMILES string of the molecule is Cc1nnc2n1-c1sc3c(c1[C@H](c1ccccc1)NC2)C[C@@H](C(=O)N1CCOCC1)C3. The van der Waals surface area contributed by atoms with Crippen LogP contribution in [0, 0.1) is 12.8 Å². The number of rotatable bonds is 2. The van der Waals surface area contributed by atoms with Gasteiger partial charge in [0.1, 0.15) is 10.8 Å². The van der Waals surface area contributed by atoms with Crippen LogP contribution in [0.15, 0.2) is 30.3 Å². The minimum Gasteiger partial charge on any atom is -0.378 e. The number of amides is 1. The summed E-state index contributed by atoms with van der Waals surface area (Å²) < 4.78 is 7.63. The van der Waals surface area contributed by atoms with Gasteiger partial charge in [-0.3, -0.25) is 14.7 Å². The Morgan fingerprint density at radius 3 is 2.77 bits per heavy atom. The first-order chi connectivity index (χ1) is 15.2. The van der Waals surface area contributed by atoms with Gasteiger partial charge in [-0.2, -0.15) is 0 Å². The summed E-state index contributed by atoms with van der Waals surface area (Å²) in [6.45, 7) is 5.37. The predicted octanol–water partition coefficient (Wildman–Crippen LogP) is 2.40. The second-order valence-corrected chi connectivity index (χ2v) is 9.57. The van der Waals surface area contributed by atoms with Gasteiger partial charge in [0.2, 0.25) is 5.91 Å². The standard InChI is InChI=1S/C23H25N5O2S/c1-14-25-26-19-13-24-21(15-5-3-2-4-6-15)20-17-11-16(12-18(17)31-23(20)28(14)19)22(29)27-7-9-30-10-8-27/h2-6,16,21,24H,7-13H2,1H3/t16-,21+/m1/s1. The molecule has 1 N–H and O–H groups in total. The Morgan fingerprint density at radius 1 is 1.16 bits per heavy atom. The maximum atomic E-state index is 13.2. The second-order valence-electron chi connectivity index (χ2n) is 8.49. The summed E-state index contributed by atoms with van der Waals surface area (Å²) in [5.41, 5.74) is 3.88. The summed E-state index contributed by atoms with van der Waals surface area (Å²) in [5.74, 6) is 2.16. The van der Waals surface area contributed by atoms with E-state index in [0.29, 0.717) is 32.8 Å². The zero-order valence-corrected chi connectivity index (χ0v) is 18.3. The minimum atomic E-state index is 0.0332. The topological polar surface area (TPSA) is 72.3 Å². The van der Waals surface area contributed by atoms with Crippen LogP contribution in [0.25, 0.3) is 5.00 Å². The Balaban J connectivity index is 1.41. The summed E-state index contributed by atoms with van der Waals surface area (Å²) in [5, 5.41) is 13.7. The molecule has 3 aromatic rings. The Labute approximate surface area is 185 Å². The Bertz CT molecular complexity index is 1130. The maximum Gasteiger partial charge on any atom is 0.226 e. The van der Waals surface area contributed by atoms with Crippen LogP contribution in [0.2, 0.25) is 0 Å². The van der Waals surface area contributed by atoms with Crippen molar-refractivity contribution < 1.29 is 9.53 Å². The van der Waals surface area contributed by atoms with Crippen LogP contribution in [0.5, 0.6) is 0 Å². The molecule has 1 aliphatic carbocycles. The molecule has 3 aliphatic rings.